The Morgan fingerprint density at radius 3 is 1.08 bits per heavy atom. The van der Waals surface area contributed by atoms with Crippen LogP contribution < -0.4 is 0 Å². The third-order valence-electron chi connectivity index (χ3n) is 9.15. The molecule has 0 bridgehead atoms. The second kappa shape index (κ2) is 11.7. The van der Waals surface area contributed by atoms with Crippen LogP contribution >= 0.6 is 45.9 Å². The standard InChI is InChI=1S/C42H20Cl2O4S2/c43-23-13-9-21(10-14-23)35-31-17-25(19-33-37(45)27-5-1-2-6-28(27)38(33)46)49-41(31)36(22-11-15-24(44)16-12-22)32-18-26(50-42(32)35)20-34-39(47)29-7-3-4-8-30(29)40(34)48/h1-20H. The molecule has 0 N–H and O–H groups in total. The first kappa shape index (κ1) is 30.8. The van der Waals surface area contributed by atoms with E-state index in [9.17, 15) is 19.2 Å². The molecule has 9 rings (SSSR count). The number of hydrogen-bond acceptors (Lipinski definition) is 6. The number of benzene rings is 5. The van der Waals surface area contributed by atoms with Crippen LogP contribution in [0.15, 0.2) is 120 Å². The zero-order valence-electron chi connectivity index (χ0n) is 25.8. The van der Waals surface area contributed by atoms with Gasteiger partial charge in [-0.15, -0.1) is 22.7 Å². The van der Waals surface area contributed by atoms with Crippen molar-refractivity contribution in [3.05, 3.63) is 162 Å². The zero-order chi connectivity index (χ0) is 34.3. The fourth-order valence-electron chi connectivity index (χ4n) is 6.85. The molecule has 2 aromatic heterocycles. The van der Waals surface area contributed by atoms with Gasteiger partial charge in [0, 0.05) is 73.4 Å². The molecule has 238 valence electrons. The molecule has 5 aromatic carbocycles. The molecule has 8 heteroatoms. The van der Waals surface area contributed by atoms with Crippen LogP contribution in [-0.4, -0.2) is 23.1 Å². The van der Waals surface area contributed by atoms with Crippen LogP contribution in [0.5, 0.6) is 0 Å². The van der Waals surface area contributed by atoms with E-state index in [1.165, 1.54) is 22.7 Å². The summed E-state index contributed by atoms with van der Waals surface area (Å²) in [6.07, 6.45) is 3.40. The number of carbonyl (C=O) groups is 4. The lowest BCUT2D eigenvalue weighted by atomic mass is 9.93. The summed E-state index contributed by atoms with van der Waals surface area (Å²) in [6, 6.07) is 33.1. The van der Waals surface area contributed by atoms with E-state index in [2.05, 4.69) is 0 Å². The van der Waals surface area contributed by atoms with Crippen molar-refractivity contribution in [3.8, 4) is 22.3 Å². The van der Waals surface area contributed by atoms with Crippen LogP contribution in [0.3, 0.4) is 0 Å². The van der Waals surface area contributed by atoms with Gasteiger partial charge in [-0.1, -0.05) is 96.0 Å². The first-order valence-electron chi connectivity index (χ1n) is 15.6. The van der Waals surface area contributed by atoms with Crippen LogP contribution in [0, 0.1) is 0 Å². The molecule has 0 saturated heterocycles. The smallest absolute Gasteiger partial charge is 0.197 e. The number of allylic oxidation sites excluding steroid dienone is 2. The SMILES string of the molecule is O=C1C(=Cc2cc3c(-c4ccc(Cl)cc4)c4sc(C=C5C(=O)c6ccccc6C5=O)cc4c(-c4ccc(Cl)cc4)c3s2)C(=O)c2ccccc21. The van der Waals surface area contributed by atoms with E-state index < -0.39 is 0 Å². The maximum Gasteiger partial charge on any atom is 0.197 e. The molecule has 0 fully saturated rings. The van der Waals surface area contributed by atoms with Gasteiger partial charge in [0.05, 0.1) is 11.1 Å². The molecule has 0 aliphatic heterocycles. The van der Waals surface area contributed by atoms with Crippen molar-refractivity contribution in [2.45, 2.75) is 0 Å². The van der Waals surface area contributed by atoms with E-state index in [1.54, 1.807) is 60.7 Å². The van der Waals surface area contributed by atoms with E-state index in [0.717, 1.165) is 52.2 Å². The van der Waals surface area contributed by atoms with Crippen LogP contribution in [0.4, 0.5) is 0 Å². The zero-order valence-corrected chi connectivity index (χ0v) is 28.9. The molecule has 2 heterocycles. The van der Waals surface area contributed by atoms with Crippen LogP contribution in [0.2, 0.25) is 10.0 Å². The third-order valence-corrected chi connectivity index (χ3v) is 11.8. The Balaban J connectivity index is 1.32. The molecule has 0 saturated carbocycles. The first-order chi connectivity index (χ1) is 24.3. The highest BCUT2D eigenvalue weighted by Gasteiger charge is 2.34. The predicted octanol–water partition coefficient (Wildman–Crippen LogP) is 11.7. The van der Waals surface area contributed by atoms with E-state index >= 15 is 0 Å². The second-order valence-corrected chi connectivity index (χ2v) is 15.1. The van der Waals surface area contributed by atoms with Gasteiger partial charge in [-0.25, -0.2) is 0 Å². The topological polar surface area (TPSA) is 68.3 Å². The number of halogens is 2. The predicted molar refractivity (Wildman–Crippen MR) is 204 cm³/mol. The Labute approximate surface area is 303 Å². The van der Waals surface area contributed by atoms with E-state index in [0.29, 0.717) is 32.3 Å². The van der Waals surface area contributed by atoms with Gasteiger partial charge in [-0.05, 0) is 59.7 Å². The molecule has 0 amide bonds. The normalized spacial score (nSPS) is 13.9. The van der Waals surface area contributed by atoms with Gasteiger partial charge in [-0.2, -0.15) is 0 Å². The fraction of sp³-hybridized carbons (Fsp3) is 0. The molecule has 0 radical (unpaired) electrons. The van der Waals surface area contributed by atoms with Gasteiger partial charge in [0.25, 0.3) is 0 Å². The molecule has 2 aliphatic rings. The average Bonchev–Trinajstić information content (AvgIpc) is 3.86. The van der Waals surface area contributed by atoms with Gasteiger partial charge in [0.15, 0.2) is 23.1 Å². The summed E-state index contributed by atoms with van der Waals surface area (Å²) in [5.41, 5.74) is 5.67. The minimum absolute atomic E-state index is 0.140. The van der Waals surface area contributed by atoms with Crippen molar-refractivity contribution in [1.82, 2.24) is 0 Å². The van der Waals surface area contributed by atoms with E-state index in [-0.39, 0.29) is 34.3 Å². The first-order valence-corrected chi connectivity index (χ1v) is 18.0. The highest BCUT2D eigenvalue weighted by molar-refractivity contribution is 7.22. The van der Waals surface area contributed by atoms with E-state index in [1.807, 2.05) is 60.7 Å². The highest BCUT2D eigenvalue weighted by atomic mass is 35.5. The lowest BCUT2D eigenvalue weighted by Gasteiger charge is -2.12. The van der Waals surface area contributed by atoms with Gasteiger partial charge >= 0.3 is 0 Å². The molecule has 2 aliphatic carbocycles. The summed E-state index contributed by atoms with van der Waals surface area (Å²) < 4.78 is 1.90. The number of fused-ring (bicyclic) bond motifs is 4. The van der Waals surface area contributed by atoms with Crippen LogP contribution in [-0.2, 0) is 0 Å². The molecule has 0 spiro atoms. The number of thiophene rings is 2. The molecular formula is C42H20Cl2O4S2. The minimum atomic E-state index is -0.282. The quantitative estimate of drug-likeness (QED) is 0.134. The Bertz CT molecular complexity index is 2410. The number of carbonyl (C=O) groups excluding carboxylic acids is 4. The Hall–Kier alpha value is -5.24. The Kier molecular flexibility index (Phi) is 7.19. The van der Waals surface area contributed by atoms with Gasteiger partial charge in [-0.3, -0.25) is 19.2 Å². The lowest BCUT2D eigenvalue weighted by molar-refractivity contribution is 0.0975. The van der Waals surface area contributed by atoms with Crippen molar-refractivity contribution in [3.63, 3.8) is 0 Å². The second-order valence-electron chi connectivity index (χ2n) is 12.1. The van der Waals surface area contributed by atoms with Crippen LogP contribution in [0.25, 0.3) is 54.6 Å². The molecule has 7 aromatic rings. The highest BCUT2D eigenvalue weighted by Crippen LogP contribution is 2.50. The summed E-state index contributed by atoms with van der Waals surface area (Å²) in [6.45, 7) is 0. The number of ketones is 4. The maximum atomic E-state index is 13.4. The summed E-state index contributed by atoms with van der Waals surface area (Å²) in [5, 5.41) is 3.06. The number of rotatable bonds is 4. The average molecular weight is 724 g/mol. The number of Topliss-reactive ketones (excluding diaryl/α,β-unsaturated/α-hetero) is 4. The van der Waals surface area contributed by atoms with Crippen molar-refractivity contribution < 1.29 is 19.2 Å². The van der Waals surface area contributed by atoms with Crippen molar-refractivity contribution in [2.24, 2.45) is 0 Å². The maximum absolute atomic E-state index is 13.4. The number of hydrogen-bond donors (Lipinski definition) is 0. The molecule has 50 heavy (non-hydrogen) atoms. The van der Waals surface area contributed by atoms with Crippen molar-refractivity contribution in [1.29, 1.82) is 0 Å². The third kappa shape index (κ3) is 4.79. The lowest BCUT2D eigenvalue weighted by Crippen LogP contribution is -1.99. The van der Waals surface area contributed by atoms with Gasteiger partial charge < -0.3 is 0 Å². The fourth-order valence-corrected chi connectivity index (χ4v) is 9.48. The summed E-state index contributed by atoms with van der Waals surface area (Å²) in [7, 11) is 0. The van der Waals surface area contributed by atoms with Crippen molar-refractivity contribution >= 4 is 101 Å². The Morgan fingerprint density at radius 1 is 0.440 bits per heavy atom. The Morgan fingerprint density at radius 2 is 0.760 bits per heavy atom. The van der Waals surface area contributed by atoms with Gasteiger partial charge in [0.2, 0.25) is 0 Å². The van der Waals surface area contributed by atoms with Crippen molar-refractivity contribution in [2.75, 3.05) is 0 Å². The largest absolute Gasteiger partial charge is 0.288 e. The molecular weight excluding hydrogens is 703 g/mol. The molecule has 0 atom stereocenters. The molecule has 4 nitrogen and oxygen atoms in total. The molecule has 0 unspecified atom stereocenters. The summed E-state index contributed by atoms with van der Waals surface area (Å²) >= 11 is 15.7. The summed E-state index contributed by atoms with van der Waals surface area (Å²) in [5.74, 6) is -1.13. The monoisotopic (exact) mass is 722 g/mol. The van der Waals surface area contributed by atoms with Gasteiger partial charge in [0.1, 0.15) is 0 Å². The summed E-state index contributed by atoms with van der Waals surface area (Å²) in [4.78, 5) is 54.9. The minimum Gasteiger partial charge on any atom is -0.288 e. The van der Waals surface area contributed by atoms with Crippen LogP contribution in [0.1, 0.15) is 51.2 Å². The van der Waals surface area contributed by atoms with E-state index in [4.69, 9.17) is 23.2 Å².